The molecule has 2 aromatic carbocycles. The van der Waals surface area contributed by atoms with Gasteiger partial charge in [-0.1, -0.05) is 43.0 Å². The molecule has 6 nitrogen and oxygen atoms in total. The number of nitrogens with zero attached hydrogens (tertiary/aromatic N) is 1. The van der Waals surface area contributed by atoms with Gasteiger partial charge in [-0.3, -0.25) is 5.32 Å². The van der Waals surface area contributed by atoms with Gasteiger partial charge in [0.25, 0.3) is 0 Å². The summed E-state index contributed by atoms with van der Waals surface area (Å²) in [6.07, 6.45) is 0.522. The number of amides is 3. The van der Waals surface area contributed by atoms with Crippen molar-refractivity contribution in [2.24, 2.45) is 0 Å². The van der Waals surface area contributed by atoms with E-state index in [1.54, 1.807) is 37.8 Å². The van der Waals surface area contributed by atoms with Crippen LogP contribution < -0.4 is 10.6 Å². The van der Waals surface area contributed by atoms with Gasteiger partial charge in [-0.05, 0) is 62.9 Å². The van der Waals surface area contributed by atoms with Crippen LogP contribution in [0.4, 0.5) is 14.0 Å². The average molecular weight is 454 g/mol. The molecule has 0 fully saturated rings. The summed E-state index contributed by atoms with van der Waals surface area (Å²) in [6, 6.07) is 13.5. The molecular formula is C26H32FN3O3. The fraction of sp³-hybridized carbons (Fsp3) is 0.385. The third kappa shape index (κ3) is 6.57. The summed E-state index contributed by atoms with van der Waals surface area (Å²) < 4.78 is 18.8. The number of hydrogen-bond donors (Lipinski definition) is 2. The van der Waals surface area contributed by atoms with Crippen LogP contribution in [0.25, 0.3) is 0 Å². The molecule has 7 heteroatoms. The van der Waals surface area contributed by atoms with Gasteiger partial charge in [-0.15, -0.1) is 0 Å². The van der Waals surface area contributed by atoms with Crippen LogP contribution in [0, 0.1) is 5.82 Å². The van der Waals surface area contributed by atoms with Crippen molar-refractivity contribution < 1.29 is 18.7 Å². The van der Waals surface area contributed by atoms with Crippen LogP contribution >= 0.6 is 0 Å². The van der Waals surface area contributed by atoms with Crippen molar-refractivity contribution >= 4 is 12.1 Å². The van der Waals surface area contributed by atoms with Crippen molar-refractivity contribution in [2.45, 2.75) is 58.2 Å². The zero-order valence-electron chi connectivity index (χ0n) is 19.7. The minimum Gasteiger partial charge on any atom is -0.444 e. The number of fused-ring (bicyclic) bond motifs is 1. The average Bonchev–Trinajstić information content (AvgIpc) is 2.71. The lowest BCUT2D eigenvalue weighted by Gasteiger charge is -2.38. The first-order chi connectivity index (χ1) is 15.5. The van der Waals surface area contributed by atoms with E-state index in [1.165, 1.54) is 17.7 Å². The lowest BCUT2D eigenvalue weighted by molar-refractivity contribution is 0.0544. The second-order valence-corrected chi connectivity index (χ2v) is 9.38. The number of rotatable bonds is 5. The summed E-state index contributed by atoms with van der Waals surface area (Å²) in [7, 11) is 0. The highest BCUT2D eigenvalue weighted by molar-refractivity contribution is 5.76. The lowest BCUT2D eigenvalue weighted by atomic mass is 9.88. The summed E-state index contributed by atoms with van der Waals surface area (Å²) in [5.41, 5.74) is 2.91. The maximum absolute atomic E-state index is 13.5. The summed E-state index contributed by atoms with van der Waals surface area (Å²) in [4.78, 5) is 27.0. The van der Waals surface area contributed by atoms with Crippen LogP contribution in [-0.2, 0) is 11.2 Å². The predicted molar refractivity (Wildman–Crippen MR) is 126 cm³/mol. The molecule has 1 aliphatic heterocycles. The Morgan fingerprint density at radius 2 is 1.85 bits per heavy atom. The maximum Gasteiger partial charge on any atom is 0.411 e. The molecule has 0 radical (unpaired) electrons. The molecule has 1 aliphatic rings. The van der Waals surface area contributed by atoms with E-state index >= 15 is 0 Å². The Labute approximate surface area is 194 Å². The Kier molecular flexibility index (Phi) is 7.41. The Morgan fingerprint density at radius 1 is 1.18 bits per heavy atom. The van der Waals surface area contributed by atoms with Crippen molar-refractivity contribution in [3.05, 3.63) is 83.3 Å². The summed E-state index contributed by atoms with van der Waals surface area (Å²) >= 11 is 0. The molecule has 1 unspecified atom stereocenters. The Balaban J connectivity index is 1.69. The molecule has 33 heavy (non-hydrogen) atoms. The Hall–Kier alpha value is -3.35. The molecule has 0 saturated carbocycles. The van der Waals surface area contributed by atoms with Gasteiger partial charge in [0.1, 0.15) is 11.4 Å². The van der Waals surface area contributed by atoms with E-state index in [0.29, 0.717) is 18.7 Å². The van der Waals surface area contributed by atoms with E-state index in [1.807, 2.05) is 25.1 Å². The third-order valence-electron chi connectivity index (χ3n) is 5.33. The van der Waals surface area contributed by atoms with Crippen LogP contribution in [0.2, 0.25) is 0 Å². The quantitative estimate of drug-likeness (QED) is 0.645. The van der Waals surface area contributed by atoms with Gasteiger partial charge >= 0.3 is 12.1 Å². The van der Waals surface area contributed by atoms with Gasteiger partial charge in [-0.25, -0.2) is 14.0 Å². The molecule has 1 heterocycles. The monoisotopic (exact) mass is 453 g/mol. The SMILES string of the molecule is C=C(CC(C)NC(=O)N1CCc2ccccc2[C@@H]1c1ccc(F)cc1)NC(=O)OC(C)(C)C. The molecule has 176 valence electrons. The van der Waals surface area contributed by atoms with Gasteiger partial charge < -0.3 is 15.0 Å². The topological polar surface area (TPSA) is 70.7 Å². The fourth-order valence-electron chi connectivity index (χ4n) is 4.00. The maximum atomic E-state index is 13.5. The summed E-state index contributed by atoms with van der Waals surface area (Å²) in [5.74, 6) is -0.316. The minimum absolute atomic E-state index is 0.226. The second kappa shape index (κ2) is 10.1. The number of hydrogen-bond acceptors (Lipinski definition) is 3. The van der Waals surface area contributed by atoms with Gasteiger partial charge in [0.15, 0.2) is 0 Å². The van der Waals surface area contributed by atoms with E-state index in [2.05, 4.69) is 23.3 Å². The van der Waals surface area contributed by atoms with Crippen LogP contribution in [0.3, 0.4) is 0 Å². The smallest absolute Gasteiger partial charge is 0.411 e. The normalized spacial score (nSPS) is 16.4. The zero-order valence-corrected chi connectivity index (χ0v) is 19.7. The van der Waals surface area contributed by atoms with E-state index in [9.17, 15) is 14.0 Å². The fourth-order valence-corrected chi connectivity index (χ4v) is 4.00. The van der Waals surface area contributed by atoms with Crippen LogP contribution in [-0.4, -0.2) is 35.2 Å². The first-order valence-electron chi connectivity index (χ1n) is 11.1. The number of halogens is 1. The number of benzene rings is 2. The molecule has 2 atom stereocenters. The highest BCUT2D eigenvalue weighted by Crippen LogP contribution is 2.35. The molecule has 3 amide bonds. The first-order valence-corrected chi connectivity index (χ1v) is 11.1. The van der Waals surface area contributed by atoms with Crippen molar-refractivity contribution in [3.63, 3.8) is 0 Å². The lowest BCUT2D eigenvalue weighted by Crippen LogP contribution is -2.48. The molecule has 0 aromatic heterocycles. The molecule has 0 spiro atoms. The second-order valence-electron chi connectivity index (χ2n) is 9.38. The van der Waals surface area contributed by atoms with Gasteiger partial charge in [-0.2, -0.15) is 0 Å². The highest BCUT2D eigenvalue weighted by atomic mass is 19.1. The van der Waals surface area contributed by atoms with E-state index in [0.717, 1.165) is 17.5 Å². The Bertz CT molecular complexity index is 1010. The van der Waals surface area contributed by atoms with Crippen molar-refractivity contribution in [1.29, 1.82) is 0 Å². The number of alkyl carbamates (subject to hydrolysis) is 1. The largest absolute Gasteiger partial charge is 0.444 e. The minimum atomic E-state index is -0.607. The molecular weight excluding hydrogens is 421 g/mol. The molecule has 0 bridgehead atoms. The highest BCUT2D eigenvalue weighted by Gasteiger charge is 2.32. The van der Waals surface area contributed by atoms with Gasteiger partial charge in [0.05, 0.1) is 6.04 Å². The van der Waals surface area contributed by atoms with E-state index in [-0.39, 0.29) is 23.9 Å². The van der Waals surface area contributed by atoms with E-state index in [4.69, 9.17) is 4.74 Å². The zero-order chi connectivity index (χ0) is 24.2. The number of carbonyl (C=O) groups is 2. The number of urea groups is 1. The molecule has 2 N–H and O–H groups in total. The van der Waals surface area contributed by atoms with E-state index < -0.39 is 11.7 Å². The van der Waals surface area contributed by atoms with Crippen molar-refractivity contribution in [3.8, 4) is 0 Å². The third-order valence-corrected chi connectivity index (χ3v) is 5.33. The van der Waals surface area contributed by atoms with Gasteiger partial charge in [0.2, 0.25) is 0 Å². The standard InChI is InChI=1S/C26H32FN3O3/c1-17(16-18(2)29-25(32)33-26(3,4)5)28-24(31)30-15-14-19-8-6-7-9-22(19)23(30)20-10-12-21(27)13-11-20/h6-13,17,23H,2,14-16H2,1,3-5H3,(H,28,31)(H,29,32)/t17?,23-/m0/s1. The predicted octanol–water partition coefficient (Wildman–Crippen LogP) is 5.30. The number of nitrogens with one attached hydrogen (secondary N) is 2. The molecule has 0 aliphatic carbocycles. The first kappa shape index (κ1) is 24.3. The number of ether oxygens (including phenoxy) is 1. The molecule has 3 rings (SSSR count). The molecule has 0 saturated heterocycles. The summed E-state index contributed by atoms with van der Waals surface area (Å²) in [6.45, 7) is 11.6. The summed E-state index contributed by atoms with van der Waals surface area (Å²) in [5, 5.41) is 5.62. The van der Waals surface area contributed by atoms with Crippen LogP contribution in [0.1, 0.15) is 56.8 Å². The van der Waals surface area contributed by atoms with Crippen LogP contribution in [0.15, 0.2) is 60.8 Å². The van der Waals surface area contributed by atoms with Crippen LogP contribution in [0.5, 0.6) is 0 Å². The van der Waals surface area contributed by atoms with Crippen molar-refractivity contribution in [2.75, 3.05) is 6.54 Å². The number of carbonyl (C=O) groups excluding carboxylic acids is 2. The van der Waals surface area contributed by atoms with Gasteiger partial charge in [0, 0.05) is 24.7 Å². The van der Waals surface area contributed by atoms with Crippen molar-refractivity contribution in [1.82, 2.24) is 15.5 Å². The molecule has 2 aromatic rings. The Morgan fingerprint density at radius 3 is 2.52 bits per heavy atom.